The van der Waals surface area contributed by atoms with Crippen LogP contribution >= 0.6 is 36.1 Å². The lowest BCUT2D eigenvalue weighted by atomic mass is 10.1. The molecule has 2 N–H and O–H groups in total. The first-order chi connectivity index (χ1) is 11.1. The van der Waals surface area contributed by atoms with Crippen LogP contribution < -0.4 is 23.8 Å². The molecule has 0 saturated heterocycles. The van der Waals surface area contributed by atoms with Crippen molar-refractivity contribution < 1.29 is 17.0 Å². The van der Waals surface area contributed by atoms with Gasteiger partial charge in [0.05, 0.1) is 41.7 Å². The predicted octanol–water partition coefficient (Wildman–Crippen LogP) is 3.25. The maximum atomic E-state index is 11.6. The third kappa shape index (κ3) is 4.21. The quantitative estimate of drug-likeness (QED) is 0.727. The Morgan fingerprint density at radius 3 is 2.30 bits per heavy atom. The summed E-state index contributed by atoms with van der Waals surface area (Å²) >= 11 is 3.43. The molecule has 0 spiro atoms. The monoisotopic (exact) mass is 374 g/mol. The summed E-state index contributed by atoms with van der Waals surface area (Å²) in [4.78, 5) is 15.1. The van der Waals surface area contributed by atoms with Crippen LogP contribution in [-0.2, 0) is 0 Å². The predicted molar refractivity (Wildman–Crippen MR) is 95.1 cm³/mol. The standard InChI is InChI=1S/C13H14N2O5S3/c1-21-18-8-5-4-7(9-6-10(16)15-13(14)17-9)11(19-22-2)12(8)20-23-3/h4-6H,1-3H3,(H2,14,15,16). The Balaban J connectivity index is 2.66. The first-order valence-corrected chi connectivity index (χ1v) is 9.62. The number of nitrogens with two attached hydrogens (primary N) is 1. The molecular formula is C13H14N2O5S3. The van der Waals surface area contributed by atoms with E-state index in [0.717, 1.165) is 24.1 Å². The van der Waals surface area contributed by atoms with Crippen LogP contribution in [0.5, 0.6) is 17.2 Å². The van der Waals surface area contributed by atoms with Crippen molar-refractivity contribution in [3.05, 3.63) is 28.6 Å². The number of nitrogens with zero attached hydrogens (tertiary/aromatic N) is 1. The Kier molecular flexibility index (Phi) is 6.37. The van der Waals surface area contributed by atoms with Crippen LogP contribution in [0.4, 0.5) is 6.01 Å². The lowest BCUT2D eigenvalue weighted by Crippen LogP contribution is -2.07. The summed E-state index contributed by atoms with van der Waals surface area (Å²) in [6.45, 7) is 0. The summed E-state index contributed by atoms with van der Waals surface area (Å²) in [5.74, 6) is 1.47. The summed E-state index contributed by atoms with van der Waals surface area (Å²) < 4.78 is 22.0. The van der Waals surface area contributed by atoms with Crippen LogP contribution in [0, 0.1) is 0 Å². The molecule has 0 fully saturated rings. The van der Waals surface area contributed by atoms with E-state index in [1.165, 1.54) is 18.1 Å². The molecule has 1 aromatic heterocycles. The molecule has 2 rings (SSSR count). The molecule has 0 aliphatic rings. The normalized spacial score (nSPS) is 10.4. The molecule has 0 atom stereocenters. The van der Waals surface area contributed by atoms with Crippen LogP contribution in [-0.4, -0.2) is 23.8 Å². The number of anilines is 1. The molecular weight excluding hydrogens is 360 g/mol. The fourth-order valence-corrected chi connectivity index (χ4v) is 2.74. The highest BCUT2D eigenvalue weighted by molar-refractivity contribution is 7.94. The zero-order valence-corrected chi connectivity index (χ0v) is 15.0. The van der Waals surface area contributed by atoms with Gasteiger partial charge in [0.25, 0.3) is 11.6 Å². The van der Waals surface area contributed by atoms with Gasteiger partial charge in [-0.05, 0) is 12.1 Å². The van der Waals surface area contributed by atoms with Gasteiger partial charge >= 0.3 is 0 Å². The number of aromatic nitrogens is 1. The van der Waals surface area contributed by atoms with Gasteiger partial charge in [0.1, 0.15) is 5.76 Å². The molecule has 0 unspecified atom stereocenters. The molecule has 0 bridgehead atoms. The Bertz CT molecular complexity index is 738. The fraction of sp³-hybridized carbons (Fsp3) is 0.231. The number of benzene rings is 1. The highest BCUT2D eigenvalue weighted by atomic mass is 32.2. The van der Waals surface area contributed by atoms with E-state index in [1.807, 2.05) is 0 Å². The first-order valence-electron chi connectivity index (χ1n) is 6.17. The van der Waals surface area contributed by atoms with Gasteiger partial charge in [0, 0.05) is 24.8 Å². The molecule has 0 saturated carbocycles. The average molecular weight is 374 g/mol. The smallest absolute Gasteiger partial charge is 0.295 e. The van der Waals surface area contributed by atoms with E-state index in [0.29, 0.717) is 22.8 Å². The molecule has 1 heterocycles. The zero-order valence-electron chi connectivity index (χ0n) is 12.5. The van der Waals surface area contributed by atoms with Crippen molar-refractivity contribution in [2.45, 2.75) is 0 Å². The van der Waals surface area contributed by atoms with Crippen molar-refractivity contribution in [2.75, 3.05) is 24.5 Å². The number of hydrogen-bond donors (Lipinski definition) is 1. The Hall–Kier alpha value is -1.65. The average Bonchev–Trinajstić information content (AvgIpc) is 2.50. The van der Waals surface area contributed by atoms with Gasteiger partial charge in [-0.25, -0.2) is 0 Å². The number of hydrogen-bond acceptors (Lipinski definition) is 10. The molecule has 124 valence electrons. The van der Waals surface area contributed by atoms with Crippen LogP contribution in [0.3, 0.4) is 0 Å². The van der Waals surface area contributed by atoms with E-state index in [-0.39, 0.29) is 11.8 Å². The van der Waals surface area contributed by atoms with E-state index in [1.54, 1.807) is 30.9 Å². The Morgan fingerprint density at radius 1 is 1.04 bits per heavy atom. The van der Waals surface area contributed by atoms with Gasteiger partial charge in [0.15, 0.2) is 11.5 Å². The second-order valence-corrected chi connectivity index (χ2v) is 5.42. The fourth-order valence-electron chi connectivity index (χ4n) is 1.77. The van der Waals surface area contributed by atoms with Gasteiger partial charge in [-0.3, -0.25) is 4.79 Å². The Morgan fingerprint density at radius 2 is 1.70 bits per heavy atom. The highest BCUT2D eigenvalue weighted by Crippen LogP contribution is 2.47. The lowest BCUT2D eigenvalue weighted by molar-refractivity contribution is 0.528. The van der Waals surface area contributed by atoms with Crippen LogP contribution in [0.1, 0.15) is 0 Å². The second-order valence-electron chi connectivity index (χ2n) is 3.92. The highest BCUT2D eigenvalue weighted by Gasteiger charge is 2.22. The molecule has 0 amide bonds. The molecule has 0 radical (unpaired) electrons. The minimum atomic E-state index is -0.504. The maximum Gasteiger partial charge on any atom is 0.295 e. The van der Waals surface area contributed by atoms with Crippen molar-refractivity contribution in [2.24, 2.45) is 0 Å². The van der Waals surface area contributed by atoms with E-state index in [4.69, 9.17) is 22.7 Å². The van der Waals surface area contributed by atoms with Gasteiger partial charge < -0.3 is 22.7 Å². The third-order valence-electron chi connectivity index (χ3n) is 2.54. The number of rotatable bonds is 7. The maximum absolute atomic E-state index is 11.6. The first kappa shape index (κ1) is 17.7. The third-order valence-corrected chi connectivity index (χ3v) is 3.55. The summed E-state index contributed by atoms with van der Waals surface area (Å²) in [6.07, 6.45) is 5.31. The SMILES string of the molecule is CSOc1ccc(-c2cc(=O)nc(N)o2)c(OSC)c1OSC. The van der Waals surface area contributed by atoms with Gasteiger partial charge in [-0.2, -0.15) is 4.98 Å². The minimum absolute atomic E-state index is 0.223. The van der Waals surface area contributed by atoms with E-state index >= 15 is 0 Å². The minimum Gasteiger partial charge on any atom is -0.425 e. The van der Waals surface area contributed by atoms with E-state index in [9.17, 15) is 4.79 Å². The summed E-state index contributed by atoms with van der Waals surface area (Å²) in [7, 11) is 0. The molecule has 2 aromatic rings. The van der Waals surface area contributed by atoms with Crippen LogP contribution in [0.25, 0.3) is 11.3 Å². The Labute approximate surface area is 145 Å². The largest absolute Gasteiger partial charge is 0.425 e. The van der Waals surface area contributed by atoms with Gasteiger partial charge in [-0.15, -0.1) is 0 Å². The van der Waals surface area contributed by atoms with Crippen LogP contribution in [0.15, 0.2) is 27.4 Å². The van der Waals surface area contributed by atoms with Gasteiger partial charge in [-0.1, -0.05) is 0 Å². The van der Waals surface area contributed by atoms with Crippen LogP contribution in [0.2, 0.25) is 0 Å². The molecule has 10 heteroatoms. The van der Waals surface area contributed by atoms with E-state index < -0.39 is 5.56 Å². The molecule has 0 aliphatic carbocycles. The van der Waals surface area contributed by atoms with Gasteiger partial charge in [0.2, 0.25) is 5.75 Å². The molecule has 0 aliphatic heterocycles. The van der Waals surface area contributed by atoms with Crippen molar-refractivity contribution in [3.8, 4) is 28.6 Å². The molecule has 23 heavy (non-hydrogen) atoms. The summed E-state index contributed by atoms with van der Waals surface area (Å²) in [6, 6.07) is 4.40. The summed E-state index contributed by atoms with van der Waals surface area (Å²) in [5.41, 5.74) is 5.51. The molecule has 1 aromatic carbocycles. The van der Waals surface area contributed by atoms with Crippen molar-refractivity contribution in [1.29, 1.82) is 0 Å². The van der Waals surface area contributed by atoms with E-state index in [2.05, 4.69) is 4.98 Å². The van der Waals surface area contributed by atoms with Crippen molar-refractivity contribution in [1.82, 2.24) is 4.98 Å². The topological polar surface area (TPSA) is 96.8 Å². The summed E-state index contributed by atoms with van der Waals surface area (Å²) in [5, 5.41) is 0. The van der Waals surface area contributed by atoms with Crippen molar-refractivity contribution >= 4 is 42.1 Å². The lowest BCUT2D eigenvalue weighted by Gasteiger charge is -2.15. The zero-order chi connectivity index (χ0) is 16.8. The molecule has 7 nitrogen and oxygen atoms in total. The van der Waals surface area contributed by atoms with Crippen molar-refractivity contribution in [3.63, 3.8) is 0 Å². The second kappa shape index (κ2) is 8.27. The number of nitrogen functional groups attached to an aromatic ring is 1.